The van der Waals surface area contributed by atoms with Crippen LogP contribution in [0, 0.1) is 6.92 Å². The van der Waals surface area contributed by atoms with E-state index in [-0.39, 0.29) is 5.91 Å². The number of carbonyl (C=O) groups excluding carboxylic acids is 1. The van der Waals surface area contributed by atoms with E-state index in [0.29, 0.717) is 22.9 Å². The number of methoxy groups -OCH3 is 1. The van der Waals surface area contributed by atoms with E-state index in [9.17, 15) is 4.79 Å². The van der Waals surface area contributed by atoms with Crippen LogP contribution < -0.4 is 10.1 Å². The van der Waals surface area contributed by atoms with Gasteiger partial charge in [0, 0.05) is 17.1 Å². The van der Waals surface area contributed by atoms with Crippen LogP contribution in [0.3, 0.4) is 0 Å². The highest BCUT2D eigenvalue weighted by atomic mass is 35.5. The van der Waals surface area contributed by atoms with Crippen LogP contribution >= 0.6 is 22.9 Å². The number of carbonyl (C=O) groups is 1. The molecule has 134 valence electrons. The maximum atomic E-state index is 12.5. The molecular formula is C20H19ClN2O2S. The fourth-order valence-corrected chi connectivity index (χ4v) is 3.82. The molecule has 0 aliphatic rings. The van der Waals surface area contributed by atoms with Crippen LogP contribution in [0.15, 0.2) is 48.5 Å². The van der Waals surface area contributed by atoms with Gasteiger partial charge in [0.2, 0.25) is 0 Å². The lowest BCUT2D eigenvalue weighted by atomic mass is 10.1. The van der Waals surface area contributed by atoms with E-state index in [2.05, 4.69) is 10.3 Å². The summed E-state index contributed by atoms with van der Waals surface area (Å²) in [6.07, 6.45) is 0.703. The molecule has 1 amide bonds. The second-order valence-electron chi connectivity index (χ2n) is 5.76. The molecule has 26 heavy (non-hydrogen) atoms. The molecule has 0 radical (unpaired) electrons. The molecular weight excluding hydrogens is 368 g/mol. The maximum Gasteiger partial charge on any atom is 0.263 e. The molecule has 0 saturated heterocycles. The Hall–Kier alpha value is -2.37. The molecule has 2 aromatic carbocycles. The van der Waals surface area contributed by atoms with Crippen LogP contribution in [0.1, 0.15) is 20.9 Å². The van der Waals surface area contributed by atoms with Gasteiger partial charge in [-0.3, -0.25) is 4.79 Å². The summed E-state index contributed by atoms with van der Waals surface area (Å²) in [5, 5.41) is 4.41. The Kier molecular flexibility index (Phi) is 5.91. The van der Waals surface area contributed by atoms with Crippen molar-refractivity contribution in [2.24, 2.45) is 0 Å². The van der Waals surface area contributed by atoms with Crippen molar-refractivity contribution in [2.45, 2.75) is 13.3 Å². The normalized spacial score (nSPS) is 10.6. The van der Waals surface area contributed by atoms with Crippen molar-refractivity contribution in [2.75, 3.05) is 13.7 Å². The first-order valence-corrected chi connectivity index (χ1v) is 9.41. The van der Waals surface area contributed by atoms with Crippen LogP contribution in [0.2, 0.25) is 5.02 Å². The van der Waals surface area contributed by atoms with E-state index in [1.54, 1.807) is 7.11 Å². The molecule has 0 fully saturated rings. The third-order valence-corrected chi connectivity index (χ3v) is 5.39. The van der Waals surface area contributed by atoms with E-state index < -0.39 is 0 Å². The molecule has 1 N–H and O–H groups in total. The highest BCUT2D eigenvalue weighted by Crippen LogP contribution is 2.29. The molecule has 1 heterocycles. The molecule has 0 saturated carbocycles. The lowest BCUT2D eigenvalue weighted by Crippen LogP contribution is -2.25. The van der Waals surface area contributed by atoms with Gasteiger partial charge in [-0.1, -0.05) is 41.9 Å². The Morgan fingerprint density at radius 3 is 2.81 bits per heavy atom. The van der Waals surface area contributed by atoms with Gasteiger partial charge in [-0.25, -0.2) is 4.98 Å². The quantitative estimate of drug-likeness (QED) is 0.664. The molecule has 4 nitrogen and oxygen atoms in total. The minimum Gasteiger partial charge on any atom is -0.496 e. The highest BCUT2D eigenvalue weighted by molar-refractivity contribution is 7.17. The van der Waals surface area contributed by atoms with Gasteiger partial charge >= 0.3 is 0 Å². The number of hydrogen-bond acceptors (Lipinski definition) is 4. The summed E-state index contributed by atoms with van der Waals surface area (Å²) in [4.78, 5) is 17.7. The standard InChI is InChI=1S/C20H19ClN2O2S/c1-13-18(26-20(23-13)15-7-5-8-16(21)12-15)19(24)22-11-10-14-6-3-4-9-17(14)25-2/h3-9,12H,10-11H2,1-2H3,(H,22,24). The Bertz CT molecular complexity index is 924. The number of amides is 1. The molecule has 3 rings (SSSR count). The zero-order valence-electron chi connectivity index (χ0n) is 14.6. The summed E-state index contributed by atoms with van der Waals surface area (Å²) in [7, 11) is 1.65. The Morgan fingerprint density at radius 1 is 1.23 bits per heavy atom. The van der Waals surface area contributed by atoms with Crippen LogP contribution in [0.5, 0.6) is 5.75 Å². The van der Waals surface area contributed by atoms with E-state index in [0.717, 1.165) is 27.6 Å². The number of benzene rings is 2. The lowest BCUT2D eigenvalue weighted by Gasteiger charge is -2.08. The predicted molar refractivity (Wildman–Crippen MR) is 106 cm³/mol. The van der Waals surface area contributed by atoms with Crippen LogP contribution in [0.4, 0.5) is 0 Å². The van der Waals surface area contributed by atoms with Crippen LogP contribution in [-0.2, 0) is 6.42 Å². The fourth-order valence-electron chi connectivity index (χ4n) is 2.65. The number of ether oxygens (including phenoxy) is 1. The number of para-hydroxylation sites is 1. The summed E-state index contributed by atoms with van der Waals surface area (Å²) in [6, 6.07) is 15.3. The van der Waals surface area contributed by atoms with Crippen molar-refractivity contribution < 1.29 is 9.53 Å². The van der Waals surface area contributed by atoms with E-state index in [1.165, 1.54) is 11.3 Å². The Labute approximate surface area is 161 Å². The van der Waals surface area contributed by atoms with Crippen LogP contribution in [-0.4, -0.2) is 24.5 Å². The smallest absolute Gasteiger partial charge is 0.263 e. The molecule has 0 aliphatic carbocycles. The molecule has 0 bridgehead atoms. The number of aromatic nitrogens is 1. The van der Waals surface area contributed by atoms with Crippen molar-refractivity contribution >= 4 is 28.8 Å². The number of aryl methyl sites for hydroxylation is 1. The molecule has 0 atom stereocenters. The first kappa shape index (κ1) is 18.4. The number of halogens is 1. The number of nitrogens with zero attached hydrogens (tertiary/aromatic N) is 1. The topological polar surface area (TPSA) is 51.2 Å². The van der Waals surface area contributed by atoms with Gasteiger partial charge in [0.05, 0.1) is 12.8 Å². The molecule has 6 heteroatoms. The second-order valence-corrected chi connectivity index (χ2v) is 7.20. The number of hydrogen-bond donors (Lipinski definition) is 1. The SMILES string of the molecule is COc1ccccc1CCNC(=O)c1sc(-c2cccc(Cl)c2)nc1C. The number of thiazole rings is 1. The van der Waals surface area contributed by atoms with Crippen LogP contribution in [0.25, 0.3) is 10.6 Å². The van der Waals surface area contributed by atoms with Crippen molar-refractivity contribution in [1.82, 2.24) is 10.3 Å². The second kappa shape index (κ2) is 8.34. The van der Waals surface area contributed by atoms with Crippen molar-refractivity contribution in [3.63, 3.8) is 0 Å². The van der Waals surface area contributed by atoms with E-state index in [4.69, 9.17) is 16.3 Å². The monoisotopic (exact) mass is 386 g/mol. The minimum atomic E-state index is -0.108. The van der Waals surface area contributed by atoms with Crippen molar-refractivity contribution in [3.05, 3.63) is 69.7 Å². The van der Waals surface area contributed by atoms with E-state index >= 15 is 0 Å². The van der Waals surface area contributed by atoms with Gasteiger partial charge in [-0.2, -0.15) is 0 Å². The first-order chi connectivity index (χ1) is 12.6. The molecule has 0 spiro atoms. The highest BCUT2D eigenvalue weighted by Gasteiger charge is 2.16. The van der Waals surface area contributed by atoms with Gasteiger partial charge in [-0.05, 0) is 37.1 Å². The van der Waals surface area contributed by atoms with E-state index in [1.807, 2.05) is 55.5 Å². The zero-order chi connectivity index (χ0) is 18.5. The lowest BCUT2D eigenvalue weighted by molar-refractivity contribution is 0.0957. The Balaban J connectivity index is 1.67. The molecule has 1 aromatic heterocycles. The van der Waals surface area contributed by atoms with Crippen molar-refractivity contribution in [3.8, 4) is 16.3 Å². The summed E-state index contributed by atoms with van der Waals surface area (Å²) in [6.45, 7) is 2.38. The van der Waals surface area contributed by atoms with Crippen molar-refractivity contribution in [1.29, 1.82) is 0 Å². The first-order valence-electron chi connectivity index (χ1n) is 8.22. The average Bonchev–Trinajstić information content (AvgIpc) is 3.04. The number of rotatable bonds is 6. The summed E-state index contributed by atoms with van der Waals surface area (Å²) >= 11 is 7.42. The van der Waals surface area contributed by atoms with Gasteiger partial charge in [0.1, 0.15) is 15.6 Å². The number of nitrogens with one attached hydrogen (secondary N) is 1. The molecule has 3 aromatic rings. The van der Waals surface area contributed by atoms with Gasteiger partial charge in [-0.15, -0.1) is 11.3 Å². The predicted octanol–water partition coefficient (Wildman–Crippen LogP) is 4.75. The molecule has 0 unspecified atom stereocenters. The average molecular weight is 387 g/mol. The van der Waals surface area contributed by atoms with Gasteiger partial charge in [0.15, 0.2) is 0 Å². The minimum absolute atomic E-state index is 0.108. The summed E-state index contributed by atoms with van der Waals surface area (Å²) < 4.78 is 5.34. The fraction of sp³-hybridized carbons (Fsp3) is 0.200. The third-order valence-electron chi connectivity index (χ3n) is 3.95. The summed E-state index contributed by atoms with van der Waals surface area (Å²) in [5.41, 5.74) is 2.70. The third kappa shape index (κ3) is 4.23. The maximum absolute atomic E-state index is 12.5. The largest absolute Gasteiger partial charge is 0.496 e. The summed E-state index contributed by atoms with van der Waals surface area (Å²) in [5.74, 6) is 0.724. The zero-order valence-corrected chi connectivity index (χ0v) is 16.2. The van der Waals surface area contributed by atoms with Gasteiger partial charge in [0.25, 0.3) is 5.91 Å². The van der Waals surface area contributed by atoms with Gasteiger partial charge < -0.3 is 10.1 Å². The molecule has 0 aliphatic heterocycles. The Morgan fingerprint density at radius 2 is 2.04 bits per heavy atom.